The third-order valence-corrected chi connectivity index (χ3v) is 7.43. The van der Waals surface area contributed by atoms with Gasteiger partial charge in [-0.1, -0.05) is 23.5 Å². The molecule has 0 spiro atoms. The molecular weight excluding hydrogens is 492 g/mol. The van der Waals surface area contributed by atoms with E-state index in [-0.39, 0.29) is 12.2 Å². The first-order chi connectivity index (χ1) is 17.9. The van der Waals surface area contributed by atoms with E-state index in [4.69, 9.17) is 13.9 Å². The minimum Gasteiger partial charge on any atom is -0.463 e. The van der Waals surface area contributed by atoms with E-state index in [0.717, 1.165) is 30.2 Å². The lowest BCUT2D eigenvalue weighted by Gasteiger charge is -2.26. The van der Waals surface area contributed by atoms with Crippen LogP contribution in [0.25, 0.3) is 6.08 Å². The maximum atomic E-state index is 13.7. The number of allylic oxidation sites excluding steroid dienone is 1. The molecule has 4 heterocycles. The first kappa shape index (κ1) is 25.0. The van der Waals surface area contributed by atoms with Crippen molar-refractivity contribution in [2.24, 2.45) is 4.99 Å². The van der Waals surface area contributed by atoms with E-state index in [1.807, 2.05) is 55.4 Å². The second-order valence-electron chi connectivity index (χ2n) is 9.06. The molecule has 0 saturated carbocycles. The fourth-order valence-corrected chi connectivity index (χ4v) is 5.59. The quantitative estimate of drug-likeness (QED) is 0.459. The molecule has 2 aliphatic rings. The van der Waals surface area contributed by atoms with Gasteiger partial charge in [-0.3, -0.25) is 9.36 Å². The molecule has 10 heteroatoms. The number of hydrogen-bond donors (Lipinski definition) is 0. The van der Waals surface area contributed by atoms with Gasteiger partial charge in [0.25, 0.3) is 5.56 Å². The van der Waals surface area contributed by atoms with Crippen LogP contribution in [-0.2, 0) is 14.3 Å². The van der Waals surface area contributed by atoms with Crippen LogP contribution in [0.2, 0.25) is 0 Å². The van der Waals surface area contributed by atoms with E-state index >= 15 is 0 Å². The van der Waals surface area contributed by atoms with Crippen LogP contribution in [0, 0.1) is 0 Å². The molecule has 1 atom stereocenters. The summed E-state index contributed by atoms with van der Waals surface area (Å²) >= 11 is 1.28. The molecular formula is C27H30N4O5S. The minimum absolute atomic E-state index is 0.232. The third kappa shape index (κ3) is 4.86. The molecule has 0 bridgehead atoms. The van der Waals surface area contributed by atoms with Crippen molar-refractivity contribution in [3.63, 3.8) is 0 Å². The number of morpholine rings is 1. The number of carbonyl (C=O) groups is 1. The van der Waals surface area contributed by atoms with Crippen molar-refractivity contribution >= 4 is 35.0 Å². The fourth-order valence-electron chi connectivity index (χ4n) is 4.56. The van der Waals surface area contributed by atoms with Crippen LogP contribution in [-0.4, -0.2) is 57.5 Å². The summed E-state index contributed by atoms with van der Waals surface area (Å²) in [5, 5.41) is 0. The van der Waals surface area contributed by atoms with E-state index in [1.165, 1.54) is 11.3 Å². The van der Waals surface area contributed by atoms with Gasteiger partial charge in [0.1, 0.15) is 5.76 Å². The average Bonchev–Trinajstić information content (AvgIpc) is 3.48. The Morgan fingerprint density at radius 2 is 1.92 bits per heavy atom. The van der Waals surface area contributed by atoms with E-state index in [0.29, 0.717) is 39.6 Å². The number of esters is 1. The number of furan rings is 1. The van der Waals surface area contributed by atoms with Crippen LogP contribution in [0.1, 0.15) is 31.2 Å². The summed E-state index contributed by atoms with van der Waals surface area (Å²) in [6.45, 7) is 6.62. The molecule has 1 saturated heterocycles. The van der Waals surface area contributed by atoms with Gasteiger partial charge >= 0.3 is 5.97 Å². The topological polar surface area (TPSA) is 89.5 Å². The minimum atomic E-state index is -0.644. The number of carbonyl (C=O) groups excluding carboxylic acids is 1. The van der Waals surface area contributed by atoms with Crippen LogP contribution in [0.4, 0.5) is 11.6 Å². The van der Waals surface area contributed by atoms with Crippen molar-refractivity contribution in [2.45, 2.75) is 19.9 Å². The van der Waals surface area contributed by atoms with Crippen LogP contribution in [0.15, 0.2) is 61.9 Å². The first-order valence-corrected chi connectivity index (χ1v) is 13.1. The molecule has 1 aromatic carbocycles. The number of anilines is 2. The molecule has 3 aromatic rings. The number of aromatic nitrogens is 1. The number of ether oxygens (including phenoxy) is 2. The highest BCUT2D eigenvalue weighted by molar-refractivity contribution is 7.07. The molecule has 0 radical (unpaired) electrons. The summed E-state index contributed by atoms with van der Waals surface area (Å²) in [7, 11) is 3.93. The standard InChI is InChI=1S/C27H30N4O5S/c1-5-35-26(33)23-17(2)28-27-31(24(23)18-6-8-19(9-7-18)29(3)4)25(32)21(37-27)16-20-10-11-22(36-20)30-12-14-34-15-13-30/h6-11,16,24H,5,12-15H2,1-4H3. The van der Waals surface area contributed by atoms with Gasteiger partial charge in [-0.2, -0.15) is 0 Å². The number of thiazole rings is 1. The van der Waals surface area contributed by atoms with Crippen molar-refractivity contribution in [1.82, 2.24) is 4.57 Å². The lowest BCUT2D eigenvalue weighted by molar-refractivity contribution is -0.139. The summed E-state index contributed by atoms with van der Waals surface area (Å²) in [6, 6.07) is 10.9. The van der Waals surface area contributed by atoms with Gasteiger partial charge in [-0.25, -0.2) is 9.79 Å². The number of fused-ring (bicyclic) bond motifs is 1. The van der Waals surface area contributed by atoms with Gasteiger partial charge in [0.15, 0.2) is 10.7 Å². The summed E-state index contributed by atoms with van der Waals surface area (Å²) in [5.41, 5.74) is 2.50. The van der Waals surface area contributed by atoms with Gasteiger partial charge in [0, 0.05) is 45.0 Å². The van der Waals surface area contributed by atoms with Crippen molar-refractivity contribution in [1.29, 1.82) is 0 Å². The zero-order valence-corrected chi connectivity index (χ0v) is 22.2. The molecule has 0 aliphatic carbocycles. The van der Waals surface area contributed by atoms with Crippen LogP contribution >= 0.6 is 11.3 Å². The third-order valence-electron chi connectivity index (χ3n) is 6.45. The lowest BCUT2D eigenvalue weighted by Crippen LogP contribution is -2.39. The highest BCUT2D eigenvalue weighted by Gasteiger charge is 2.33. The van der Waals surface area contributed by atoms with E-state index in [2.05, 4.69) is 9.89 Å². The van der Waals surface area contributed by atoms with E-state index < -0.39 is 12.0 Å². The van der Waals surface area contributed by atoms with Gasteiger partial charge in [-0.15, -0.1) is 0 Å². The van der Waals surface area contributed by atoms with Gasteiger partial charge in [0.2, 0.25) is 0 Å². The highest BCUT2D eigenvalue weighted by Crippen LogP contribution is 2.31. The van der Waals surface area contributed by atoms with Crippen molar-refractivity contribution < 1.29 is 18.7 Å². The second-order valence-corrected chi connectivity index (χ2v) is 10.1. The summed E-state index contributed by atoms with van der Waals surface area (Å²) in [6.07, 6.45) is 1.74. The molecule has 0 amide bonds. The normalized spacial score (nSPS) is 18.0. The number of rotatable bonds is 6. The molecule has 1 unspecified atom stereocenters. The van der Waals surface area contributed by atoms with Crippen LogP contribution in [0.5, 0.6) is 0 Å². The van der Waals surface area contributed by atoms with E-state index in [9.17, 15) is 9.59 Å². The second kappa shape index (κ2) is 10.4. The first-order valence-electron chi connectivity index (χ1n) is 12.3. The SMILES string of the molecule is CCOC(=O)C1=C(C)N=c2sc(=Cc3ccc(N4CCOCC4)o3)c(=O)n2C1c1ccc(N(C)C)cc1. The Morgan fingerprint density at radius 1 is 1.19 bits per heavy atom. The Labute approximate surface area is 218 Å². The zero-order valence-electron chi connectivity index (χ0n) is 21.4. The molecule has 2 aromatic heterocycles. The Morgan fingerprint density at radius 3 is 2.59 bits per heavy atom. The van der Waals surface area contributed by atoms with Crippen molar-refractivity contribution in [3.05, 3.63) is 78.7 Å². The Balaban J connectivity index is 1.60. The average molecular weight is 523 g/mol. The number of benzene rings is 1. The van der Waals surface area contributed by atoms with Crippen molar-refractivity contribution in [2.75, 3.05) is 56.8 Å². The monoisotopic (exact) mass is 522 g/mol. The predicted molar refractivity (Wildman–Crippen MR) is 143 cm³/mol. The summed E-state index contributed by atoms with van der Waals surface area (Å²) in [4.78, 5) is 36.1. The zero-order chi connectivity index (χ0) is 26.1. The summed E-state index contributed by atoms with van der Waals surface area (Å²) in [5.74, 6) is 0.863. The molecule has 0 N–H and O–H groups in total. The van der Waals surface area contributed by atoms with Crippen molar-refractivity contribution in [3.8, 4) is 0 Å². The maximum absolute atomic E-state index is 13.7. The number of nitrogens with zero attached hydrogens (tertiary/aromatic N) is 4. The van der Waals surface area contributed by atoms with Crippen LogP contribution in [0.3, 0.4) is 0 Å². The Bertz CT molecular complexity index is 1510. The Hall–Kier alpha value is -3.63. The largest absolute Gasteiger partial charge is 0.463 e. The maximum Gasteiger partial charge on any atom is 0.338 e. The molecule has 2 aliphatic heterocycles. The Kier molecular flexibility index (Phi) is 7.03. The van der Waals surface area contributed by atoms with Gasteiger partial charge < -0.3 is 23.7 Å². The molecule has 37 heavy (non-hydrogen) atoms. The van der Waals surface area contributed by atoms with Gasteiger partial charge in [0.05, 0.1) is 41.7 Å². The molecule has 9 nitrogen and oxygen atoms in total. The molecule has 5 rings (SSSR count). The highest BCUT2D eigenvalue weighted by atomic mass is 32.1. The molecule has 1 fully saturated rings. The van der Waals surface area contributed by atoms with Gasteiger partial charge in [-0.05, 0) is 37.6 Å². The smallest absolute Gasteiger partial charge is 0.338 e. The predicted octanol–water partition coefficient (Wildman–Crippen LogP) is 2.29. The summed E-state index contributed by atoms with van der Waals surface area (Å²) < 4.78 is 18.9. The fraction of sp³-hybridized carbons (Fsp3) is 0.370. The molecule has 194 valence electrons. The van der Waals surface area contributed by atoms with E-state index in [1.54, 1.807) is 24.5 Å². The van der Waals surface area contributed by atoms with Crippen LogP contribution < -0.4 is 24.7 Å². The number of hydrogen-bond acceptors (Lipinski definition) is 9. The lowest BCUT2D eigenvalue weighted by atomic mass is 9.95.